The zero-order chi connectivity index (χ0) is 14.2. The van der Waals surface area contributed by atoms with Crippen molar-refractivity contribution in [3.63, 3.8) is 0 Å². The van der Waals surface area contributed by atoms with Crippen LogP contribution < -0.4 is 11.1 Å². The van der Waals surface area contributed by atoms with E-state index in [-0.39, 0.29) is 0 Å². The Kier molecular flexibility index (Phi) is 3.67. The van der Waals surface area contributed by atoms with Gasteiger partial charge >= 0.3 is 0 Å². The van der Waals surface area contributed by atoms with Gasteiger partial charge in [-0.25, -0.2) is 4.98 Å². The molecular weight excluding hydrogens is 266 g/mol. The number of thiocarbonyl (C=S) groups is 1. The lowest BCUT2D eigenvalue weighted by Crippen LogP contribution is -2.34. The molecule has 0 amide bonds. The van der Waals surface area contributed by atoms with Gasteiger partial charge in [0.15, 0.2) is 0 Å². The molecule has 0 spiro atoms. The topological polar surface area (TPSA) is 50.9 Å². The minimum absolute atomic E-state index is 0.422. The highest BCUT2D eigenvalue weighted by molar-refractivity contribution is 7.80. The molecule has 1 aromatic heterocycles. The Balaban J connectivity index is 1.85. The summed E-state index contributed by atoms with van der Waals surface area (Å²) in [6, 6.07) is 2.16. The first kappa shape index (κ1) is 13.8. The van der Waals surface area contributed by atoms with Crippen LogP contribution >= 0.6 is 12.2 Å². The van der Waals surface area contributed by atoms with Gasteiger partial charge in [0.05, 0.1) is 5.56 Å². The van der Waals surface area contributed by atoms with Crippen molar-refractivity contribution in [3.05, 3.63) is 22.9 Å². The van der Waals surface area contributed by atoms with Gasteiger partial charge in [0, 0.05) is 12.2 Å². The van der Waals surface area contributed by atoms with E-state index in [0.29, 0.717) is 10.4 Å². The standard InChI is InChI=1S/C16H23N3S/c1-16(7-4-8-16)10-18-15-12(14(17)20)9-11-5-2-3-6-13(11)19-15/h9H,2-8,10H2,1H3,(H2,17,20)(H,18,19). The van der Waals surface area contributed by atoms with Crippen molar-refractivity contribution in [1.29, 1.82) is 0 Å². The molecule has 3 nitrogen and oxygen atoms in total. The van der Waals surface area contributed by atoms with E-state index >= 15 is 0 Å². The number of hydrogen-bond acceptors (Lipinski definition) is 3. The number of nitrogens with two attached hydrogens (primary N) is 1. The molecule has 3 N–H and O–H groups in total. The molecule has 20 heavy (non-hydrogen) atoms. The molecule has 0 saturated heterocycles. The maximum atomic E-state index is 5.88. The van der Waals surface area contributed by atoms with E-state index in [1.807, 2.05) is 0 Å². The third-order valence-electron chi connectivity index (χ3n) is 4.81. The summed E-state index contributed by atoms with van der Waals surface area (Å²) in [5, 5.41) is 3.51. The summed E-state index contributed by atoms with van der Waals surface area (Å²) in [5.74, 6) is 0.895. The first-order valence-electron chi connectivity index (χ1n) is 7.64. The van der Waals surface area contributed by atoms with Crippen molar-refractivity contribution in [2.75, 3.05) is 11.9 Å². The molecule has 1 aromatic rings. The molecule has 0 bridgehead atoms. The second kappa shape index (κ2) is 5.32. The van der Waals surface area contributed by atoms with Crippen molar-refractivity contribution in [2.24, 2.45) is 11.1 Å². The number of nitrogens with zero attached hydrogens (tertiary/aromatic N) is 1. The summed E-state index contributed by atoms with van der Waals surface area (Å²) < 4.78 is 0. The van der Waals surface area contributed by atoms with E-state index in [2.05, 4.69) is 18.3 Å². The SMILES string of the molecule is CC1(CNc2nc3c(cc2C(N)=S)CCCC3)CCC1. The van der Waals surface area contributed by atoms with Gasteiger partial charge in [-0.05, 0) is 55.6 Å². The van der Waals surface area contributed by atoms with Crippen LogP contribution in [-0.4, -0.2) is 16.5 Å². The third kappa shape index (κ3) is 2.66. The molecule has 1 fully saturated rings. The molecule has 0 aliphatic heterocycles. The van der Waals surface area contributed by atoms with Crippen molar-refractivity contribution in [2.45, 2.75) is 51.9 Å². The number of nitrogens with one attached hydrogen (secondary N) is 1. The lowest BCUT2D eigenvalue weighted by Gasteiger charge is -2.38. The molecule has 0 unspecified atom stereocenters. The lowest BCUT2D eigenvalue weighted by atomic mass is 9.70. The summed E-state index contributed by atoms with van der Waals surface area (Å²) in [6.07, 6.45) is 8.62. The van der Waals surface area contributed by atoms with Gasteiger partial charge in [-0.3, -0.25) is 0 Å². The number of anilines is 1. The van der Waals surface area contributed by atoms with Crippen molar-refractivity contribution >= 4 is 23.0 Å². The zero-order valence-corrected chi connectivity index (χ0v) is 13.0. The minimum atomic E-state index is 0.422. The number of fused-ring (bicyclic) bond motifs is 1. The molecule has 0 atom stereocenters. The Morgan fingerprint density at radius 2 is 2.10 bits per heavy atom. The highest BCUT2D eigenvalue weighted by Crippen LogP contribution is 2.40. The van der Waals surface area contributed by atoms with Crippen LogP contribution in [0.1, 0.15) is 55.8 Å². The average molecular weight is 289 g/mol. The predicted molar refractivity (Wildman–Crippen MR) is 87.2 cm³/mol. The predicted octanol–water partition coefficient (Wildman–Crippen LogP) is 3.20. The Labute approximate surface area is 126 Å². The van der Waals surface area contributed by atoms with Gasteiger partial charge in [-0.15, -0.1) is 0 Å². The first-order chi connectivity index (χ1) is 9.57. The molecule has 108 valence electrons. The van der Waals surface area contributed by atoms with Crippen LogP contribution in [0.15, 0.2) is 6.07 Å². The van der Waals surface area contributed by atoms with E-state index in [1.54, 1.807) is 0 Å². The van der Waals surface area contributed by atoms with E-state index in [1.165, 1.54) is 43.4 Å². The maximum absolute atomic E-state index is 5.88. The zero-order valence-electron chi connectivity index (χ0n) is 12.2. The molecule has 2 aliphatic carbocycles. The highest BCUT2D eigenvalue weighted by Gasteiger charge is 2.31. The van der Waals surface area contributed by atoms with Gasteiger partial charge in [-0.2, -0.15) is 0 Å². The molecular formula is C16H23N3S. The van der Waals surface area contributed by atoms with Crippen molar-refractivity contribution < 1.29 is 0 Å². The molecule has 0 radical (unpaired) electrons. The fourth-order valence-electron chi connectivity index (χ4n) is 3.21. The normalized spacial score (nSPS) is 19.9. The van der Waals surface area contributed by atoms with Crippen LogP contribution in [0.5, 0.6) is 0 Å². The number of rotatable bonds is 4. The minimum Gasteiger partial charge on any atom is -0.389 e. The lowest BCUT2D eigenvalue weighted by molar-refractivity contribution is 0.180. The first-order valence-corrected chi connectivity index (χ1v) is 8.05. The van der Waals surface area contributed by atoms with Crippen LogP contribution in [0.4, 0.5) is 5.82 Å². The van der Waals surface area contributed by atoms with Crippen LogP contribution in [0.3, 0.4) is 0 Å². The molecule has 1 saturated carbocycles. The van der Waals surface area contributed by atoms with Gasteiger partial charge in [0.2, 0.25) is 0 Å². The number of aromatic nitrogens is 1. The molecule has 1 heterocycles. The summed E-state index contributed by atoms with van der Waals surface area (Å²) >= 11 is 5.20. The third-order valence-corrected chi connectivity index (χ3v) is 5.03. The Hall–Kier alpha value is -1.16. The summed E-state index contributed by atoms with van der Waals surface area (Å²) in [4.78, 5) is 5.27. The monoisotopic (exact) mass is 289 g/mol. The number of hydrogen-bond donors (Lipinski definition) is 2. The van der Waals surface area contributed by atoms with Crippen LogP contribution in [0.2, 0.25) is 0 Å². The van der Waals surface area contributed by atoms with E-state index in [0.717, 1.165) is 30.8 Å². The molecule has 4 heteroatoms. The van der Waals surface area contributed by atoms with E-state index in [4.69, 9.17) is 22.9 Å². The summed E-state index contributed by atoms with van der Waals surface area (Å²) in [5.41, 5.74) is 9.79. The molecule has 3 rings (SSSR count). The fourth-order valence-corrected chi connectivity index (χ4v) is 3.37. The number of aryl methyl sites for hydroxylation is 2. The van der Waals surface area contributed by atoms with Gasteiger partial charge in [-0.1, -0.05) is 25.6 Å². The summed E-state index contributed by atoms with van der Waals surface area (Å²) in [6.45, 7) is 3.30. The second-order valence-corrected chi connectivity index (χ2v) is 7.02. The quantitative estimate of drug-likeness (QED) is 0.836. The van der Waals surface area contributed by atoms with Crippen LogP contribution in [-0.2, 0) is 12.8 Å². The largest absolute Gasteiger partial charge is 0.389 e. The second-order valence-electron chi connectivity index (χ2n) is 6.58. The Bertz CT molecular complexity index is 535. The average Bonchev–Trinajstić information content (AvgIpc) is 2.42. The van der Waals surface area contributed by atoms with Gasteiger partial charge in [0.1, 0.15) is 10.8 Å². The smallest absolute Gasteiger partial charge is 0.136 e. The Morgan fingerprint density at radius 1 is 1.35 bits per heavy atom. The van der Waals surface area contributed by atoms with E-state index in [9.17, 15) is 0 Å². The van der Waals surface area contributed by atoms with Crippen molar-refractivity contribution in [1.82, 2.24) is 4.98 Å². The highest BCUT2D eigenvalue weighted by atomic mass is 32.1. The van der Waals surface area contributed by atoms with Gasteiger partial charge < -0.3 is 11.1 Å². The molecule has 2 aliphatic rings. The molecule has 0 aromatic carbocycles. The fraction of sp³-hybridized carbons (Fsp3) is 0.625. The number of pyridine rings is 1. The van der Waals surface area contributed by atoms with Crippen LogP contribution in [0, 0.1) is 5.41 Å². The maximum Gasteiger partial charge on any atom is 0.136 e. The van der Waals surface area contributed by atoms with E-state index < -0.39 is 0 Å². The van der Waals surface area contributed by atoms with Gasteiger partial charge in [0.25, 0.3) is 0 Å². The van der Waals surface area contributed by atoms with Crippen molar-refractivity contribution in [3.8, 4) is 0 Å². The van der Waals surface area contributed by atoms with Crippen LogP contribution in [0.25, 0.3) is 0 Å². The summed E-state index contributed by atoms with van der Waals surface area (Å²) in [7, 11) is 0. The Morgan fingerprint density at radius 3 is 2.75 bits per heavy atom.